The largest absolute Gasteiger partial charge is 0.489 e. The van der Waals surface area contributed by atoms with Crippen molar-refractivity contribution in [1.29, 1.82) is 0 Å². The molecule has 1 amide bonds. The second kappa shape index (κ2) is 9.21. The highest BCUT2D eigenvalue weighted by Crippen LogP contribution is 2.29. The average Bonchev–Trinajstić information content (AvgIpc) is 3.42. The number of para-hydroxylation sites is 2. The number of amides is 1. The molecular formula is C22H27N7O3. The highest BCUT2D eigenvalue weighted by Gasteiger charge is 2.28. The number of nitrogens with zero attached hydrogens (tertiary/aromatic N) is 5. The number of ether oxygens (including phenoxy) is 1. The maximum Gasteiger partial charge on any atom is 0.291 e. The van der Waals surface area contributed by atoms with Crippen LogP contribution in [0, 0.1) is 0 Å². The number of rotatable bonds is 8. The lowest BCUT2D eigenvalue weighted by Crippen LogP contribution is -2.44. The van der Waals surface area contributed by atoms with Crippen molar-refractivity contribution in [3.63, 3.8) is 0 Å². The molecule has 0 unspecified atom stereocenters. The number of aromatic nitrogens is 5. The van der Waals surface area contributed by atoms with Gasteiger partial charge in [-0.3, -0.25) is 14.3 Å². The van der Waals surface area contributed by atoms with E-state index in [1.165, 1.54) is 6.92 Å². The van der Waals surface area contributed by atoms with Gasteiger partial charge in [0.2, 0.25) is 5.82 Å². The number of aryl methyl sites for hydroxylation is 2. The van der Waals surface area contributed by atoms with Crippen molar-refractivity contribution in [2.75, 3.05) is 19.0 Å². The minimum Gasteiger partial charge on any atom is -0.489 e. The lowest BCUT2D eigenvalue weighted by atomic mass is 10.0. The molecule has 2 N–H and O–H groups in total. The quantitative estimate of drug-likeness (QED) is 0.551. The third kappa shape index (κ3) is 4.48. The predicted molar refractivity (Wildman–Crippen MR) is 118 cm³/mol. The number of hydrogen-bond acceptors (Lipinski definition) is 7. The van der Waals surface area contributed by atoms with Gasteiger partial charge in [-0.2, -0.15) is 5.10 Å². The van der Waals surface area contributed by atoms with Crippen molar-refractivity contribution in [3.05, 3.63) is 53.9 Å². The van der Waals surface area contributed by atoms with Crippen molar-refractivity contribution in [2.45, 2.75) is 38.3 Å². The molecule has 10 heteroatoms. The van der Waals surface area contributed by atoms with Crippen molar-refractivity contribution >= 4 is 17.4 Å². The lowest BCUT2D eigenvalue weighted by molar-refractivity contribution is -0.119. The van der Waals surface area contributed by atoms with Crippen LogP contribution in [0.5, 0.6) is 5.75 Å². The summed E-state index contributed by atoms with van der Waals surface area (Å²) in [5, 5.41) is 14.5. The van der Waals surface area contributed by atoms with E-state index < -0.39 is 11.9 Å². The molecule has 32 heavy (non-hydrogen) atoms. The summed E-state index contributed by atoms with van der Waals surface area (Å²) in [6.45, 7) is 1.42. The van der Waals surface area contributed by atoms with Crippen LogP contribution in [0.3, 0.4) is 0 Å². The molecule has 1 aromatic carbocycles. The van der Waals surface area contributed by atoms with Gasteiger partial charge in [0, 0.05) is 32.3 Å². The molecule has 0 aliphatic carbocycles. The zero-order valence-electron chi connectivity index (χ0n) is 18.4. The van der Waals surface area contributed by atoms with E-state index in [2.05, 4.69) is 25.8 Å². The Labute approximate surface area is 186 Å². The molecule has 3 heterocycles. The van der Waals surface area contributed by atoms with Crippen molar-refractivity contribution < 1.29 is 14.3 Å². The van der Waals surface area contributed by atoms with Gasteiger partial charge in [-0.1, -0.05) is 12.1 Å². The summed E-state index contributed by atoms with van der Waals surface area (Å²) in [6, 6.07) is 6.57. The van der Waals surface area contributed by atoms with Crippen LogP contribution in [0.1, 0.15) is 47.8 Å². The maximum absolute atomic E-state index is 12.9. The van der Waals surface area contributed by atoms with Crippen LogP contribution in [0.2, 0.25) is 0 Å². The summed E-state index contributed by atoms with van der Waals surface area (Å²) >= 11 is 0. The van der Waals surface area contributed by atoms with E-state index in [1.54, 1.807) is 22.5 Å². The maximum atomic E-state index is 12.9. The molecule has 0 saturated heterocycles. The molecule has 2 aromatic heterocycles. The van der Waals surface area contributed by atoms with Crippen LogP contribution < -0.4 is 15.4 Å². The van der Waals surface area contributed by atoms with Crippen LogP contribution in [0.25, 0.3) is 0 Å². The van der Waals surface area contributed by atoms with Gasteiger partial charge >= 0.3 is 0 Å². The second-order valence-corrected chi connectivity index (χ2v) is 7.85. The third-order valence-electron chi connectivity index (χ3n) is 5.55. The van der Waals surface area contributed by atoms with E-state index in [1.807, 2.05) is 37.6 Å². The number of nitrogens with one attached hydrogen (secondary N) is 2. The molecule has 0 saturated carbocycles. The molecule has 0 fully saturated rings. The number of anilines is 1. The van der Waals surface area contributed by atoms with Crippen molar-refractivity contribution in [3.8, 4) is 5.75 Å². The molecule has 2 atom stereocenters. The van der Waals surface area contributed by atoms with Gasteiger partial charge < -0.3 is 15.4 Å². The van der Waals surface area contributed by atoms with E-state index in [4.69, 9.17) is 4.74 Å². The van der Waals surface area contributed by atoms with Gasteiger partial charge in [-0.05, 0) is 31.9 Å². The Bertz CT molecular complexity index is 1120. The minimum absolute atomic E-state index is 0.00560. The SMILES string of the molecule is CNc1ccccc1OC[C@H](NC(=O)c1nc2n(n1)[C@H](c1cnn(C)c1)CCC2)C(C)=O. The molecule has 3 aromatic rings. The first kappa shape index (κ1) is 21.5. The Hall–Kier alpha value is -3.69. The zero-order valence-corrected chi connectivity index (χ0v) is 18.4. The van der Waals surface area contributed by atoms with Gasteiger partial charge in [-0.15, -0.1) is 5.10 Å². The summed E-state index contributed by atoms with van der Waals surface area (Å²) < 4.78 is 9.34. The Balaban J connectivity index is 1.47. The van der Waals surface area contributed by atoms with E-state index in [0.29, 0.717) is 5.75 Å². The Kier molecular flexibility index (Phi) is 6.20. The standard InChI is InChI=1S/C22H27N7O3/c1-14(30)17(13-32-19-9-5-4-7-16(19)23-2)25-22(31)21-26-20-10-6-8-18(29(20)27-21)15-11-24-28(3)12-15/h4-5,7,9,11-12,17-18,23H,6,8,10,13H2,1-3H3,(H,25,31)/t17-,18-/m0/s1. The molecule has 168 valence electrons. The summed E-state index contributed by atoms with van der Waals surface area (Å²) in [6.07, 6.45) is 6.36. The fraction of sp³-hybridized carbons (Fsp3) is 0.409. The van der Waals surface area contributed by atoms with E-state index in [-0.39, 0.29) is 24.3 Å². The summed E-state index contributed by atoms with van der Waals surface area (Å²) in [5.41, 5.74) is 1.83. The first-order chi connectivity index (χ1) is 15.5. The normalized spacial score (nSPS) is 16.2. The van der Waals surface area contributed by atoms with Crippen LogP contribution in [-0.2, 0) is 18.3 Å². The molecule has 1 aliphatic heterocycles. The van der Waals surface area contributed by atoms with Gasteiger partial charge in [0.15, 0.2) is 5.78 Å². The van der Waals surface area contributed by atoms with Gasteiger partial charge in [0.05, 0.1) is 17.9 Å². The summed E-state index contributed by atoms with van der Waals surface area (Å²) in [5.74, 6) is 0.705. The van der Waals surface area contributed by atoms with Crippen LogP contribution >= 0.6 is 0 Å². The predicted octanol–water partition coefficient (Wildman–Crippen LogP) is 1.75. The number of carbonyl (C=O) groups excluding carboxylic acids is 2. The highest BCUT2D eigenvalue weighted by atomic mass is 16.5. The zero-order chi connectivity index (χ0) is 22.7. The average molecular weight is 438 g/mol. The molecule has 1 aliphatic rings. The lowest BCUT2D eigenvalue weighted by Gasteiger charge is -2.22. The Morgan fingerprint density at radius 2 is 2.12 bits per heavy atom. The number of ketones is 1. The first-order valence-corrected chi connectivity index (χ1v) is 10.6. The van der Waals surface area contributed by atoms with Crippen LogP contribution in [-0.4, -0.2) is 55.9 Å². The smallest absolute Gasteiger partial charge is 0.291 e. The fourth-order valence-electron chi connectivity index (χ4n) is 3.82. The van der Waals surface area contributed by atoms with E-state index in [9.17, 15) is 9.59 Å². The van der Waals surface area contributed by atoms with Gasteiger partial charge in [0.1, 0.15) is 24.2 Å². The van der Waals surface area contributed by atoms with E-state index >= 15 is 0 Å². The number of Topliss-reactive ketones (excluding diaryl/α,β-unsaturated/α-hetero) is 1. The first-order valence-electron chi connectivity index (χ1n) is 10.6. The highest BCUT2D eigenvalue weighted by molar-refractivity contribution is 5.94. The van der Waals surface area contributed by atoms with Crippen molar-refractivity contribution in [2.24, 2.45) is 7.05 Å². The molecule has 0 spiro atoms. The summed E-state index contributed by atoms with van der Waals surface area (Å²) in [4.78, 5) is 29.5. The minimum atomic E-state index is -0.818. The third-order valence-corrected chi connectivity index (χ3v) is 5.55. The fourth-order valence-corrected chi connectivity index (χ4v) is 3.82. The van der Waals surface area contributed by atoms with Crippen molar-refractivity contribution in [1.82, 2.24) is 29.9 Å². The molecule has 0 bridgehead atoms. The molecule has 10 nitrogen and oxygen atoms in total. The topological polar surface area (TPSA) is 116 Å². The summed E-state index contributed by atoms with van der Waals surface area (Å²) in [7, 11) is 3.66. The van der Waals surface area contributed by atoms with Crippen LogP contribution in [0.4, 0.5) is 5.69 Å². The Morgan fingerprint density at radius 3 is 2.84 bits per heavy atom. The van der Waals surface area contributed by atoms with Crippen LogP contribution in [0.15, 0.2) is 36.7 Å². The molecule has 4 rings (SSSR count). The second-order valence-electron chi connectivity index (χ2n) is 7.85. The van der Waals surface area contributed by atoms with Gasteiger partial charge in [-0.25, -0.2) is 9.67 Å². The monoisotopic (exact) mass is 437 g/mol. The van der Waals surface area contributed by atoms with E-state index in [0.717, 1.165) is 36.3 Å². The van der Waals surface area contributed by atoms with Gasteiger partial charge in [0.25, 0.3) is 5.91 Å². The number of benzene rings is 1. The number of fused-ring (bicyclic) bond motifs is 1. The molecule has 0 radical (unpaired) electrons. The number of hydrogen-bond donors (Lipinski definition) is 2. The number of carbonyl (C=O) groups is 2. The Morgan fingerprint density at radius 1 is 1.31 bits per heavy atom. The molecular weight excluding hydrogens is 410 g/mol.